The highest BCUT2D eigenvalue weighted by molar-refractivity contribution is 5.30. The van der Waals surface area contributed by atoms with Crippen LogP contribution in [-0.4, -0.2) is 15.3 Å². The highest BCUT2D eigenvalue weighted by atomic mass is 16.3. The van der Waals surface area contributed by atoms with Crippen molar-refractivity contribution < 1.29 is 5.11 Å². The number of rotatable bonds is 4. The van der Waals surface area contributed by atoms with Crippen LogP contribution in [-0.2, 0) is 6.42 Å². The summed E-state index contributed by atoms with van der Waals surface area (Å²) in [5, 5.41) is 17.6. The van der Waals surface area contributed by atoms with Crippen molar-refractivity contribution >= 4 is 0 Å². The highest BCUT2D eigenvalue weighted by Crippen LogP contribution is 2.21. The predicted octanol–water partition coefficient (Wildman–Crippen LogP) is 2.51. The second-order valence-corrected chi connectivity index (χ2v) is 4.07. The quantitative estimate of drug-likeness (QED) is 0.874. The van der Waals surface area contributed by atoms with Gasteiger partial charge in [0.1, 0.15) is 6.10 Å². The number of aromatic nitrogens is 2. The van der Waals surface area contributed by atoms with Gasteiger partial charge < -0.3 is 5.11 Å². The van der Waals surface area contributed by atoms with Gasteiger partial charge in [-0.2, -0.15) is 10.2 Å². The zero-order chi connectivity index (χ0) is 12.1. The molecule has 2 aromatic rings. The summed E-state index contributed by atoms with van der Waals surface area (Å²) in [5.41, 5.74) is 2.96. The number of benzene rings is 1. The van der Waals surface area contributed by atoms with Gasteiger partial charge in [-0.3, -0.25) is 0 Å². The number of aliphatic hydroxyl groups is 1. The van der Waals surface area contributed by atoms with Gasteiger partial charge in [0, 0.05) is 11.8 Å². The molecule has 0 aliphatic rings. The average Bonchev–Trinajstić information content (AvgIpc) is 2.40. The van der Waals surface area contributed by atoms with E-state index in [-0.39, 0.29) is 0 Å². The Labute approximate surface area is 101 Å². The van der Waals surface area contributed by atoms with Gasteiger partial charge in [0.05, 0.1) is 6.20 Å². The molecule has 0 amide bonds. The number of aryl methyl sites for hydroxylation is 1. The lowest BCUT2D eigenvalue weighted by Gasteiger charge is -2.11. The zero-order valence-electron chi connectivity index (χ0n) is 9.87. The molecule has 2 rings (SSSR count). The molecule has 0 aliphatic heterocycles. The van der Waals surface area contributed by atoms with Crippen molar-refractivity contribution in [1.29, 1.82) is 0 Å². The van der Waals surface area contributed by atoms with E-state index < -0.39 is 6.10 Å². The molecule has 1 atom stereocenters. The van der Waals surface area contributed by atoms with E-state index >= 15 is 0 Å². The number of hydrogen-bond acceptors (Lipinski definition) is 3. The minimum atomic E-state index is -0.624. The van der Waals surface area contributed by atoms with Crippen molar-refractivity contribution in [1.82, 2.24) is 10.2 Å². The van der Waals surface area contributed by atoms with Crippen LogP contribution in [0.15, 0.2) is 42.7 Å². The first-order valence-electron chi connectivity index (χ1n) is 5.84. The molecule has 0 spiro atoms. The fraction of sp³-hybridized carbons (Fsp3) is 0.286. The molecule has 1 aromatic carbocycles. The Morgan fingerprint density at radius 1 is 1.06 bits per heavy atom. The van der Waals surface area contributed by atoms with Crippen LogP contribution < -0.4 is 0 Å². The molecule has 17 heavy (non-hydrogen) atoms. The monoisotopic (exact) mass is 228 g/mol. The summed E-state index contributed by atoms with van der Waals surface area (Å²) >= 11 is 0. The molecule has 88 valence electrons. The molecular weight excluding hydrogens is 212 g/mol. The second kappa shape index (κ2) is 5.55. The van der Waals surface area contributed by atoms with Crippen LogP contribution in [0.2, 0.25) is 0 Å². The first-order valence-corrected chi connectivity index (χ1v) is 5.84. The zero-order valence-corrected chi connectivity index (χ0v) is 9.87. The molecule has 3 nitrogen and oxygen atoms in total. The van der Waals surface area contributed by atoms with Crippen LogP contribution in [0.3, 0.4) is 0 Å². The van der Waals surface area contributed by atoms with E-state index in [1.165, 1.54) is 5.56 Å². The SMILES string of the molecule is CCCc1ccc(C(O)c2ccnnc2)cc1. The van der Waals surface area contributed by atoms with Crippen LogP contribution in [0.25, 0.3) is 0 Å². The molecule has 0 saturated heterocycles. The van der Waals surface area contributed by atoms with E-state index in [1.807, 2.05) is 12.1 Å². The Morgan fingerprint density at radius 2 is 1.82 bits per heavy atom. The van der Waals surface area contributed by atoms with Crippen LogP contribution in [0.1, 0.15) is 36.1 Å². The van der Waals surface area contributed by atoms with Gasteiger partial charge >= 0.3 is 0 Å². The molecule has 1 N–H and O–H groups in total. The Bertz CT molecular complexity index is 453. The summed E-state index contributed by atoms with van der Waals surface area (Å²) in [4.78, 5) is 0. The molecule has 1 heterocycles. The lowest BCUT2D eigenvalue weighted by molar-refractivity contribution is 0.219. The normalized spacial score (nSPS) is 12.4. The first-order chi connectivity index (χ1) is 8.31. The largest absolute Gasteiger partial charge is 0.384 e. The Morgan fingerprint density at radius 3 is 2.41 bits per heavy atom. The summed E-state index contributed by atoms with van der Waals surface area (Å²) in [7, 11) is 0. The Balaban J connectivity index is 2.17. The lowest BCUT2D eigenvalue weighted by atomic mass is 10.0. The third-order valence-electron chi connectivity index (χ3n) is 2.76. The van der Waals surface area contributed by atoms with Crippen molar-refractivity contribution in [2.45, 2.75) is 25.9 Å². The van der Waals surface area contributed by atoms with E-state index in [4.69, 9.17) is 0 Å². The number of hydrogen-bond donors (Lipinski definition) is 1. The fourth-order valence-corrected chi connectivity index (χ4v) is 1.81. The molecule has 0 bridgehead atoms. The lowest BCUT2D eigenvalue weighted by Crippen LogP contribution is -2.00. The van der Waals surface area contributed by atoms with Gasteiger partial charge in [-0.05, 0) is 23.6 Å². The fourth-order valence-electron chi connectivity index (χ4n) is 1.81. The summed E-state index contributed by atoms with van der Waals surface area (Å²) < 4.78 is 0. The minimum absolute atomic E-state index is 0.624. The predicted molar refractivity (Wildman–Crippen MR) is 66.5 cm³/mol. The van der Waals surface area contributed by atoms with Gasteiger partial charge in [-0.15, -0.1) is 0 Å². The number of nitrogens with zero attached hydrogens (tertiary/aromatic N) is 2. The average molecular weight is 228 g/mol. The second-order valence-electron chi connectivity index (χ2n) is 4.07. The van der Waals surface area contributed by atoms with E-state index in [9.17, 15) is 5.11 Å². The smallest absolute Gasteiger partial charge is 0.106 e. The van der Waals surface area contributed by atoms with Crippen molar-refractivity contribution in [3.8, 4) is 0 Å². The summed E-state index contributed by atoms with van der Waals surface area (Å²) in [5.74, 6) is 0. The van der Waals surface area contributed by atoms with Crippen molar-refractivity contribution in [3.05, 3.63) is 59.4 Å². The number of aliphatic hydroxyl groups excluding tert-OH is 1. The third-order valence-corrected chi connectivity index (χ3v) is 2.76. The topological polar surface area (TPSA) is 46.0 Å². The van der Waals surface area contributed by atoms with Crippen LogP contribution in [0.5, 0.6) is 0 Å². The molecule has 1 aromatic heterocycles. The maximum atomic E-state index is 10.1. The first kappa shape index (κ1) is 11.7. The van der Waals surface area contributed by atoms with E-state index in [0.717, 1.165) is 24.0 Å². The van der Waals surface area contributed by atoms with Gasteiger partial charge in [0.2, 0.25) is 0 Å². The van der Waals surface area contributed by atoms with Gasteiger partial charge in [0.25, 0.3) is 0 Å². The summed E-state index contributed by atoms with van der Waals surface area (Å²) in [6, 6.07) is 9.84. The molecule has 0 radical (unpaired) electrons. The van der Waals surface area contributed by atoms with Gasteiger partial charge in [-0.1, -0.05) is 37.6 Å². The highest BCUT2D eigenvalue weighted by Gasteiger charge is 2.09. The van der Waals surface area contributed by atoms with Crippen molar-refractivity contribution in [2.24, 2.45) is 0 Å². The molecule has 0 aliphatic carbocycles. The molecule has 3 heteroatoms. The van der Waals surface area contributed by atoms with Crippen molar-refractivity contribution in [3.63, 3.8) is 0 Å². The van der Waals surface area contributed by atoms with Crippen LogP contribution in [0.4, 0.5) is 0 Å². The van der Waals surface area contributed by atoms with Crippen molar-refractivity contribution in [2.75, 3.05) is 0 Å². The molecule has 0 saturated carbocycles. The minimum Gasteiger partial charge on any atom is -0.384 e. The Kier molecular flexibility index (Phi) is 3.83. The third kappa shape index (κ3) is 2.88. The standard InChI is InChI=1S/C14H16N2O/c1-2-3-11-4-6-12(7-5-11)14(17)13-8-9-15-16-10-13/h4-10,14,17H,2-3H2,1H3. The Hall–Kier alpha value is -1.74. The molecular formula is C14H16N2O. The van der Waals surface area contributed by atoms with Gasteiger partial charge in [0.15, 0.2) is 0 Å². The van der Waals surface area contributed by atoms with Gasteiger partial charge in [-0.25, -0.2) is 0 Å². The molecule has 1 unspecified atom stereocenters. The maximum absolute atomic E-state index is 10.1. The van der Waals surface area contributed by atoms with E-state index in [1.54, 1.807) is 18.5 Å². The van der Waals surface area contributed by atoms with E-state index in [0.29, 0.717) is 0 Å². The van der Waals surface area contributed by atoms with Crippen LogP contribution >= 0.6 is 0 Å². The van der Waals surface area contributed by atoms with E-state index in [2.05, 4.69) is 29.3 Å². The van der Waals surface area contributed by atoms with Crippen LogP contribution in [0, 0.1) is 0 Å². The maximum Gasteiger partial charge on any atom is 0.106 e. The summed E-state index contributed by atoms with van der Waals surface area (Å²) in [6.07, 6.45) is 4.76. The summed E-state index contributed by atoms with van der Waals surface area (Å²) in [6.45, 7) is 2.16. The molecule has 0 fully saturated rings.